The highest BCUT2D eigenvalue weighted by Crippen LogP contribution is 2.21. The molecule has 174 valence electrons. The molecule has 1 aliphatic heterocycles. The fourth-order valence-electron chi connectivity index (χ4n) is 3.36. The first-order valence-electron chi connectivity index (χ1n) is 10.3. The van der Waals surface area contributed by atoms with E-state index in [-0.39, 0.29) is 28.4 Å². The number of carbonyl (C=O) groups is 1. The van der Waals surface area contributed by atoms with Gasteiger partial charge in [0, 0.05) is 37.4 Å². The lowest BCUT2D eigenvalue weighted by Crippen LogP contribution is -2.40. The Morgan fingerprint density at radius 1 is 0.969 bits per heavy atom. The molecule has 1 heterocycles. The molecule has 0 aromatic heterocycles. The standard InChI is InChI=1S/C21H27N3O6S2/c1-3-23(4-2)31(26,27)19-10-8-18(9-11-19)22-21(25)17-6-5-7-20(16-17)32(28,29)24-12-14-30-15-13-24/h5-11,16H,3-4,12-15H2,1-2H3,(H,22,25). The minimum absolute atomic E-state index is 0.0349. The Labute approximate surface area is 189 Å². The van der Waals surface area contributed by atoms with Crippen molar-refractivity contribution in [2.75, 3.05) is 44.7 Å². The number of nitrogens with one attached hydrogen (secondary N) is 1. The molecule has 1 saturated heterocycles. The first kappa shape index (κ1) is 24.3. The molecule has 0 atom stereocenters. The van der Waals surface area contributed by atoms with Gasteiger partial charge in [0.15, 0.2) is 0 Å². The summed E-state index contributed by atoms with van der Waals surface area (Å²) in [5.74, 6) is -0.497. The molecule has 0 unspecified atom stereocenters. The van der Waals surface area contributed by atoms with Crippen LogP contribution < -0.4 is 5.32 Å². The number of rotatable bonds is 8. The predicted octanol–water partition coefficient (Wildman–Crippen LogP) is 1.99. The van der Waals surface area contributed by atoms with Crippen LogP contribution in [-0.4, -0.2) is 70.7 Å². The monoisotopic (exact) mass is 481 g/mol. The van der Waals surface area contributed by atoms with E-state index in [2.05, 4.69) is 5.32 Å². The van der Waals surface area contributed by atoms with E-state index in [1.54, 1.807) is 13.8 Å². The Bertz CT molecular complexity index is 1150. The molecule has 1 aliphatic rings. The van der Waals surface area contributed by atoms with E-state index in [1.807, 2.05) is 0 Å². The maximum atomic E-state index is 12.8. The number of anilines is 1. The average molecular weight is 482 g/mol. The number of ether oxygens (including phenoxy) is 1. The molecule has 0 aliphatic carbocycles. The van der Waals surface area contributed by atoms with Crippen LogP contribution in [0.2, 0.25) is 0 Å². The van der Waals surface area contributed by atoms with Crippen molar-refractivity contribution in [2.45, 2.75) is 23.6 Å². The maximum absolute atomic E-state index is 12.8. The first-order valence-corrected chi connectivity index (χ1v) is 13.2. The minimum atomic E-state index is -3.72. The third-order valence-corrected chi connectivity index (χ3v) is 9.12. The van der Waals surface area contributed by atoms with Crippen molar-refractivity contribution in [3.63, 3.8) is 0 Å². The Balaban J connectivity index is 1.76. The smallest absolute Gasteiger partial charge is 0.255 e. The molecule has 11 heteroatoms. The second-order valence-electron chi connectivity index (χ2n) is 7.11. The van der Waals surface area contributed by atoms with E-state index in [4.69, 9.17) is 4.74 Å². The summed E-state index contributed by atoms with van der Waals surface area (Å²) in [6, 6.07) is 11.7. The number of carbonyl (C=O) groups excluding carboxylic acids is 1. The second-order valence-corrected chi connectivity index (χ2v) is 11.0. The molecule has 2 aromatic carbocycles. The molecule has 3 rings (SSSR count). The average Bonchev–Trinajstić information content (AvgIpc) is 2.80. The van der Waals surface area contributed by atoms with E-state index < -0.39 is 26.0 Å². The fraction of sp³-hybridized carbons (Fsp3) is 0.381. The highest BCUT2D eigenvalue weighted by Gasteiger charge is 2.27. The van der Waals surface area contributed by atoms with E-state index in [9.17, 15) is 21.6 Å². The van der Waals surface area contributed by atoms with E-state index in [0.29, 0.717) is 32.0 Å². The van der Waals surface area contributed by atoms with Crippen LogP contribution in [0.3, 0.4) is 0 Å². The van der Waals surface area contributed by atoms with Gasteiger partial charge in [0.2, 0.25) is 20.0 Å². The largest absolute Gasteiger partial charge is 0.379 e. The molecule has 1 N–H and O–H groups in total. The van der Waals surface area contributed by atoms with Gasteiger partial charge in [-0.3, -0.25) is 4.79 Å². The van der Waals surface area contributed by atoms with Crippen molar-refractivity contribution in [2.24, 2.45) is 0 Å². The van der Waals surface area contributed by atoms with Crippen LogP contribution in [0.25, 0.3) is 0 Å². The molecular formula is C21H27N3O6S2. The third kappa shape index (κ3) is 5.18. The predicted molar refractivity (Wildman–Crippen MR) is 121 cm³/mol. The van der Waals surface area contributed by atoms with Gasteiger partial charge in [-0.05, 0) is 42.5 Å². The van der Waals surface area contributed by atoms with Gasteiger partial charge in [0.05, 0.1) is 23.0 Å². The van der Waals surface area contributed by atoms with Gasteiger partial charge < -0.3 is 10.1 Å². The number of amides is 1. The Kier molecular flexibility index (Phi) is 7.67. The number of hydrogen-bond donors (Lipinski definition) is 1. The van der Waals surface area contributed by atoms with Gasteiger partial charge in [0.1, 0.15) is 0 Å². The highest BCUT2D eigenvalue weighted by molar-refractivity contribution is 7.89. The van der Waals surface area contributed by atoms with Crippen molar-refractivity contribution in [1.29, 1.82) is 0 Å². The lowest BCUT2D eigenvalue weighted by Gasteiger charge is -2.26. The third-order valence-electron chi connectivity index (χ3n) is 5.16. The van der Waals surface area contributed by atoms with Gasteiger partial charge >= 0.3 is 0 Å². The van der Waals surface area contributed by atoms with Gasteiger partial charge in [-0.1, -0.05) is 19.9 Å². The van der Waals surface area contributed by atoms with Crippen molar-refractivity contribution < 1.29 is 26.4 Å². The van der Waals surface area contributed by atoms with Crippen LogP contribution in [0.5, 0.6) is 0 Å². The lowest BCUT2D eigenvalue weighted by atomic mass is 10.2. The topological polar surface area (TPSA) is 113 Å². The Morgan fingerprint density at radius 2 is 1.59 bits per heavy atom. The van der Waals surface area contributed by atoms with Crippen LogP contribution in [0.4, 0.5) is 5.69 Å². The van der Waals surface area contributed by atoms with Crippen LogP contribution in [0.15, 0.2) is 58.3 Å². The summed E-state index contributed by atoms with van der Waals surface area (Å²) in [7, 11) is -7.32. The number of nitrogens with zero attached hydrogens (tertiary/aromatic N) is 2. The quantitative estimate of drug-likeness (QED) is 0.617. The van der Waals surface area contributed by atoms with Crippen LogP contribution in [-0.2, 0) is 24.8 Å². The Hall–Kier alpha value is -2.31. The second kappa shape index (κ2) is 10.1. The summed E-state index contributed by atoms with van der Waals surface area (Å²) in [5, 5.41) is 2.68. The van der Waals surface area contributed by atoms with Crippen LogP contribution in [0.1, 0.15) is 24.2 Å². The van der Waals surface area contributed by atoms with Crippen molar-refractivity contribution in [1.82, 2.24) is 8.61 Å². The number of benzene rings is 2. The van der Waals surface area contributed by atoms with Crippen molar-refractivity contribution in [3.05, 3.63) is 54.1 Å². The summed E-state index contributed by atoms with van der Waals surface area (Å²) in [6.07, 6.45) is 0. The summed E-state index contributed by atoms with van der Waals surface area (Å²) in [6.45, 7) is 5.45. The molecule has 1 amide bonds. The van der Waals surface area contributed by atoms with Crippen molar-refractivity contribution in [3.8, 4) is 0 Å². The molecule has 0 bridgehead atoms. The first-order chi connectivity index (χ1) is 15.2. The number of hydrogen-bond acceptors (Lipinski definition) is 6. The van der Waals surface area contributed by atoms with E-state index in [1.165, 1.54) is 57.1 Å². The molecule has 9 nitrogen and oxygen atoms in total. The fourth-order valence-corrected chi connectivity index (χ4v) is 6.27. The van der Waals surface area contributed by atoms with E-state index >= 15 is 0 Å². The normalized spacial score (nSPS) is 15.6. The molecule has 0 radical (unpaired) electrons. The van der Waals surface area contributed by atoms with Gasteiger partial charge in [-0.25, -0.2) is 16.8 Å². The molecular weight excluding hydrogens is 454 g/mol. The van der Waals surface area contributed by atoms with Crippen molar-refractivity contribution >= 4 is 31.6 Å². The summed E-state index contributed by atoms with van der Waals surface area (Å²) in [4.78, 5) is 12.9. The SMILES string of the molecule is CCN(CC)S(=O)(=O)c1ccc(NC(=O)c2cccc(S(=O)(=O)N3CCOCC3)c2)cc1. The van der Waals surface area contributed by atoms with Gasteiger partial charge in [-0.15, -0.1) is 0 Å². The van der Waals surface area contributed by atoms with Gasteiger partial charge in [-0.2, -0.15) is 8.61 Å². The molecule has 0 saturated carbocycles. The van der Waals surface area contributed by atoms with Gasteiger partial charge in [0.25, 0.3) is 5.91 Å². The molecule has 1 fully saturated rings. The number of sulfonamides is 2. The molecule has 32 heavy (non-hydrogen) atoms. The van der Waals surface area contributed by atoms with Crippen LogP contribution >= 0.6 is 0 Å². The maximum Gasteiger partial charge on any atom is 0.255 e. The summed E-state index contributed by atoms with van der Waals surface area (Å²) >= 11 is 0. The highest BCUT2D eigenvalue weighted by atomic mass is 32.2. The zero-order chi connectivity index (χ0) is 23.4. The van der Waals surface area contributed by atoms with E-state index in [0.717, 1.165) is 0 Å². The molecule has 2 aromatic rings. The molecule has 0 spiro atoms. The number of morpholine rings is 1. The Morgan fingerprint density at radius 3 is 2.19 bits per heavy atom. The zero-order valence-corrected chi connectivity index (χ0v) is 19.7. The summed E-state index contributed by atoms with van der Waals surface area (Å²) in [5.41, 5.74) is 0.578. The lowest BCUT2D eigenvalue weighted by molar-refractivity contribution is 0.0730. The zero-order valence-electron chi connectivity index (χ0n) is 18.0. The summed E-state index contributed by atoms with van der Waals surface area (Å²) < 4.78 is 58.7. The van der Waals surface area contributed by atoms with Crippen LogP contribution in [0, 0.1) is 0 Å². The minimum Gasteiger partial charge on any atom is -0.379 e.